The van der Waals surface area contributed by atoms with Gasteiger partial charge in [0.05, 0.1) is 12.5 Å². The molecule has 6 nitrogen and oxygen atoms in total. The molecule has 1 aromatic carbocycles. The number of Topliss-reactive ketones (excluding diaryl/α,β-unsaturated/α-hetero) is 1. The van der Waals surface area contributed by atoms with Crippen LogP contribution in [0, 0.1) is 17.0 Å². The molecule has 114 valence electrons. The Hall–Kier alpha value is -2.24. The Labute approximate surface area is 123 Å². The molecular formula is C15H19NO5. The largest absolute Gasteiger partial charge is 0.461 e. The van der Waals surface area contributed by atoms with Gasteiger partial charge in [-0.3, -0.25) is 10.1 Å². The minimum Gasteiger partial charge on any atom is -0.461 e. The number of aryl methyl sites for hydroxylation is 1. The van der Waals surface area contributed by atoms with Gasteiger partial charge in [0, 0.05) is 11.3 Å². The molecule has 0 N–H and O–H groups in total. The van der Waals surface area contributed by atoms with E-state index in [1.807, 2.05) is 6.92 Å². The lowest BCUT2D eigenvalue weighted by Crippen LogP contribution is -2.38. The van der Waals surface area contributed by atoms with Crippen LogP contribution in [0.15, 0.2) is 24.3 Å². The number of carbonyl (C=O) groups excluding carboxylic acids is 2. The minimum absolute atomic E-state index is 0.0594. The van der Waals surface area contributed by atoms with E-state index in [1.165, 1.54) is 6.92 Å². The van der Waals surface area contributed by atoms with Gasteiger partial charge in [0.25, 0.3) is 0 Å². The average Bonchev–Trinajstić information content (AvgIpc) is 2.38. The van der Waals surface area contributed by atoms with Crippen molar-refractivity contribution in [3.05, 3.63) is 45.5 Å². The minimum atomic E-state index is -1.57. The summed E-state index contributed by atoms with van der Waals surface area (Å²) < 4.78 is 4.78. The highest BCUT2D eigenvalue weighted by Crippen LogP contribution is 2.27. The molecule has 21 heavy (non-hydrogen) atoms. The van der Waals surface area contributed by atoms with E-state index in [9.17, 15) is 19.7 Å². The van der Waals surface area contributed by atoms with E-state index >= 15 is 0 Å². The van der Waals surface area contributed by atoms with Crippen LogP contribution in [0.2, 0.25) is 0 Å². The van der Waals surface area contributed by atoms with Gasteiger partial charge in [-0.05, 0) is 26.3 Å². The first kappa shape index (κ1) is 16.8. The van der Waals surface area contributed by atoms with Crippen LogP contribution in [0.5, 0.6) is 0 Å². The molecule has 0 aliphatic rings. The van der Waals surface area contributed by atoms with E-state index in [1.54, 1.807) is 31.2 Å². The number of ketones is 1. The second kappa shape index (κ2) is 7.52. The molecule has 1 rings (SSSR count). The third-order valence-electron chi connectivity index (χ3n) is 3.15. The molecule has 2 atom stereocenters. The number of carbonyl (C=O) groups is 2. The number of nitrogens with zero attached hydrogens (tertiary/aromatic N) is 1. The lowest BCUT2D eigenvalue weighted by molar-refractivity contribution is -0.514. The van der Waals surface area contributed by atoms with E-state index in [4.69, 9.17) is 4.74 Å². The third-order valence-corrected chi connectivity index (χ3v) is 3.15. The number of hydrogen-bond donors (Lipinski definition) is 0. The van der Waals surface area contributed by atoms with Gasteiger partial charge < -0.3 is 9.53 Å². The fraction of sp³-hybridized carbons (Fsp3) is 0.467. The lowest BCUT2D eigenvalue weighted by atomic mass is 9.87. The Balaban J connectivity index is 3.19. The summed E-state index contributed by atoms with van der Waals surface area (Å²) in [7, 11) is 0. The number of nitro groups is 1. The van der Waals surface area contributed by atoms with Crippen molar-refractivity contribution in [2.24, 2.45) is 0 Å². The topological polar surface area (TPSA) is 86.5 Å². The quantitative estimate of drug-likeness (QED) is 0.437. The molecule has 0 fully saturated rings. The van der Waals surface area contributed by atoms with Gasteiger partial charge in [-0.25, -0.2) is 4.79 Å². The van der Waals surface area contributed by atoms with Crippen molar-refractivity contribution in [1.82, 2.24) is 0 Å². The first-order chi connectivity index (χ1) is 9.86. The van der Waals surface area contributed by atoms with Gasteiger partial charge in [0.1, 0.15) is 5.78 Å². The fourth-order valence-electron chi connectivity index (χ4n) is 2.16. The predicted octanol–water partition coefficient (Wildman–Crippen LogP) is 2.27. The summed E-state index contributed by atoms with van der Waals surface area (Å²) in [6.07, 6.45) is -0.0759. The van der Waals surface area contributed by atoms with Crippen LogP contribution in [0.3, 0.4) is 0 Å². The molecule has 1 aromatic rings. The summed E-state index contributed by atoms with van der Waals surface area (Å²) in [5.41, 5.74) is 1.58. The van der Waals surface area contributed by atoms with Gasteiger partial charge >= 0.3 is 12.0 Å². The fourth-order valence-corrected chi connectivity index (χ4v) is 2.16. The van der Waals surface area contributed by atoms with E-state index in [0.29, 0.717) is 5.56 Å². The summed E-state index contributed by atoms with van der Waals surface area (Å²) in [5, 5.41) is 11.3. The molecule has 0 amide bonds. The molecule has 0 heterocycles. The number of esters is 1. The smallest absolute Gasteiger partial charge is 0.382 e. The van der Waals surface area contributed by atoms with Crippen molar-refractivity contribution in [2.75, 3.05) is 6.61 Å². The van der Waals surface area contributed by atoms with Crippen molar-refractivity contribution in [1.29, 1.82) is 0 Å². The molecule has 0 saturated heterocycles. The lowest BCUT2D eigenvalue weighted by Gasteiger charge is -2.19. The first-order valence-corrected chi connectivity index (χ1v) is 6.73. The molecule has 0 bridgehead atoms. The summed E-state index contributed by atoms with van der Waals surface area (Å²) in [5.74, 6) is -1.94. The summed E-state index contributed by atoms with van der Waals surface area (Å²) >= 11 is 0. The van der Waals surface area contributed by atoms with Crippen LogP contribution in [0.1, 0.15) is 37.3 Å². The van der Waals surface area contributed by atoms with Gasteiger partial charge in [0.15, 0.2) is 0 Å². The molecular weight excluding hydrogens is 274 g/mol. The Morgan fingerprint density at radius 2 is 1.86 bits per heavy atom. The standard InChI is InChI=1S/C15H19NO5/c1-4-21-15(18)14(16(19)20)13(9-11(3)17)12-7-5-10(2)6-8-12/h5-8,13-14H,4,9H2,1-3H3/t13-,14?/m0/s1. The Bertz CT molecular complexity index is 523. The zero-order valence-corrected chi connectivity index (χ0v) is 12.4. The van der Waals surface area contributed by atoms with Crippen LogP contribution in [0.25, 0.3) is 0 Å². The molecule has 0 aliphatic carbocycles. The molecule has 1 unspecified atom stereocenters. The maximum atomic E-state index is 11.9. The van der Waals surface area contributed by atoms with E-state index in [2.05, 4.69) is 0 Å². The predicted molar refractivity (Wildman–Crippen MR) is 76.6 cm³/mol. The maximum Gasteiger partial charge on any atom is 0.382 e. The van der Waals surface area contributed by atoms with Crippen molar-refractivity contribution in [3.8, 4) is 0 Å². The molecule has 0 aliphatic heterocycles. The molecule has 0 radical (unpaired) electrons. The van der Waals surface area contributed by atoms with Crippen LogP contribution in [-0.2, 0) is 14.3 Å². The van der Waals surface area contributed by atoms with Gasteiger partial charge in [0.2, 0.25) is 0 Å². The highest BCUT2D eigenvalue weighted by molar-refractivity contribution is 5.80. The average molecular weight is 293 g/mol. The van der Waals surface area contributed by atoms with Crippen molar-refractivity contribution in [3.63, 3.8) is 0 Å². The van der Waals surface area contributed by atoms with Crippen LogP contribution >= 0.6 is 0 Å². The Kier molecular flexibility index (Phi) is 6.02. The molecule has 6 heteroatoms. The van der Waals surface area contributed by atoms with Gasteiger partial charge in [-0.2, -0.15) is 0 Å². The number of hydrogen-bond acceptors (Lipinski definition) is 5. The SMILES string of the molecule is CCOC(=O)C([C@@H](CC(C)=O)c1ccc(C)cc1)[N+](=O)[O-]. The van der Waals surface area contributed by atoms with Crippen molar-refractivity contribution in [2.45, 2.75) is 39.2 Å². The van der Waals surface area contributed by atoms with Crippen LogP contribution in [0.4, 0.5) is 0 Å². The summed E-state index contributed by atoms with van der Waals surface area (Å²) in [6.45, 7) is 4.88. The molecule has 0 aromatic heterocycles. The number of benzene rings is 1. The maximum absolute atomic E-state index is 11.9. The Morgan fingerprint density at radius 3 is 2.29 bits per heavy atom. The molecule has 0 saturated carbocycles. The van der Waals surface area contributed by atoms with Gasteiger partial charge in [-0.15, -0.1) is 0 Å². The normalized spacial score (nSPS) is 13.3. The monoisotopic (exact) mass is 293 g/mol. The zero-order valence-electron chi connectivity index (χ0n) is 12.4. The summed E-state index contributed by atoms with van der Waals surface area (Å²) in [4.78, 5) is 33.9. The summed E-state index contributed by atoms with van der Waals surface area (Å²) in [6, 6.07) is 5.43. The second-order valence-corrected chi connectivity index (χ2v) is 4.91. The van der Waals surface area contributed by atoms with Gasteiger partial charge in [-0.1, -0.05) is 29.8 Å². The van der Waals surface area contributed by atoms with Crippen molar-refractivity contribution < 1.29 is 19.2 Å². The number of ether oxygens (including phenoxy) is 1. The number of rotatable bonds is 7. The molecule has 0 spiro atoms. The van der Waals surface area contributed by atoms with Crippen LogP contribution in [-0.4, -0.2) is 29.3 Å². The third kappa shape index (κ3) is 4.66. The zero-order chi connectivity index (χ0) is 16.0. The first-order valence-electron chi connectivity index (χ1n) is 6.73. The van der Waals surface area contributed by atoms with E-state index in [0.717, 1.165) is 5.56 Å². The Morgan fingerprint density at radius 1 is 1.29 bits per heavy atom. The highest BCUT2D eigenvalue weighted by atomic mass is 16.6. The highest BCUT2D eigenvalue weighted by Gasteiger charge is 2.41. The van der Waals surface area contributed by atoms with E-state index in [-0.39, 0.29) is 18.8 Å². The van der Waals surface area contributed by atoms with Crippen LogP contribution < -0.4 is 0 Å². The second-order valence-electron chi connectivity index (χ2n) is 4.91. The van der Waals surface area contributed by atoms with E-state index < -0.39 is 22.9 Å². The van der Waals surface area contributed by atoms with Crippen molar-refractivity contribution >= 4 is 11.8 Å².